The van der Waals surface area contributed by atoms with Crippen molar-refractivity contribution < 1.29 is 28.2 Å². The van der Waals surface area contributed by atoms with Crippen LogP contribution in [0.3, 0.4) is 0 Å². The molecule has 3 aliphatic rings. The average Bonchev–Trinajstić information content (AvgIpc) is 3.28. The summed E-state index contributed by atoms with van der Waals surface area (Å²) in [7, 11) is 0. The summed E-state index contributed by atoms with van der Waals surface area (Å²) in [6, 6.07) is 11.4. The molecule has 2 aromatic rings. The molecule has 2 aromatic carbocycles. The molecule has 156 valence electrons. The molecule has 1 N–H and O–H groups in total. The third-order valence-corrected chi connectivity index (χ3v) is 5.92. The van der Waals surface area contributed by atoms with E-state index in [9.17, 15) is 14.0 Å². The maximum atomic E-state index is 13.0. The molecule has 7 heteroatoms. The molecule has 2 atom stereocenters. The highest BCUT2D eigenvalue weighted by molar-refractivity contribution is 5.93. The summed E-state index contributed by atoms with van der Waals surface area (Å²) in [5.41, 5.74) is 1.47. The van der Waals surface area contributed by atoms with Crippen LogP contribution in [0.4, 0.5) is 10.1 Å². The number of ether oxygens (including phenoxy) is 3. The second-order valence-corrected chi connectivity index (χ2v) is 8.14. The van der Waals surface area contributed by atoms with Gasteiger partial charge in [0.25, 0.3) is 11.7 Å². The van der Waals surface area contributed by atoms with Crippen molar-refractivity contribution in [1.29, 1.82) is 0 Å². The van der Waals surface area contributed by atoms with Crippen LogP contribution in [0.15, 0.2) is 42.5 Å². The summed E-state index contributed by atoms with van der Waals surface area (Å²) in [6.45, 7) is -0.357. The predicted octanol–water partition coefficient (Wildman–Crippen LogP) is 4.15. The summed E-state index contributed by atoms with van der Waals surface area (Å²) in [5.74, 6) is -0.642. The van der Waals surface area contributed by atoms with Gasteiger partial charge in [-0.05, 0) is 55.0 Å². The number of esters is 1. The lowest BCUT2D eigenvalue weighted by atomic mass is 10.1. The van der Waals surface area contributed by atoms with Crippen molar-refractivity contribution in [2.75, 3.05) is 11.9 Å². The first kappa shape index (κ1) is 18.9. The molecule has 2 fully saturated rings. The van der Waals surface area contributed by atoms with Crippen molar-refractivity contribution >= 4 is 17.6 Å². The van der Waals surface area contributed by atoms with Crippen LogP contribution in [0, 0.1) is 11.7 Å². The Bertz CT molecular complexity index is 984. The topological polar surface area (TPSA) is 73.9 Å². The zero-order chi connectivity index (χ0) is 20.7. The number of fused-ring (bicyclic) bond motifs is 1. The summed E-state index contributed by atoms with van der Waals surface area (Å²) in [6.07, 6.45) is 4.52. The minimum Gasteiger partial charge on any atom is -0.455 e. The highest BCUT2D eigenvalue weighted by Crippen LogP contribution is 2.48. The van der Waals surface area contributed by atoms with Gasteiger partial charge in [-0.1, -0.05) is 12.1 Å². The maximum Gasteiger partial charge on any atom is 0.310 e. The first-order chi connectivity index (χ1) is 14.5. The zero-order valence-corrected chi connectivity index (χ0v) is 16.4. The second kappa shape index (κ2) is 7.31. The van der Waals surface area contributed by atoms with E-state index in [4.69, 9.17) is 14.2 Å². The van der Waals surface area contributed by atoms with Crippen LogP contribution in [-0.2, 0) is 14.3 Å². The molecule has 0 radical (unpaired) electrons. The van der Waals surface area contributed by atoms with Crippen LogP contribution in [0.2, 0.25) is 0 Å². The molecule has 30 heavy (non-hydrogen) atoms. The number of anilines is 1. The summed E-state index contributed by atoms with van der Waals surface area (Å²) >= 11 is 0. The monoisotopic (exact) mass is 411 g/mol. The van der Waals surface area contributed by atoms with Crippen LogP contribution in [-0.4, -0.2) is 24.3 Å². The SMILES string of the molecule is O=C(COC(=O)[C@H]1C[C@H]1c1ccc(F)cc1)Nc1ccc2c(c1)OC1(CCCC1)O2. The first-order valence-electron chi connectivity index (χ1n) is 10.3. The van der Waals surface area contributed by atoms with Gasteiger partial charge in [0.05, 0.1) is 5.92 Å². The molecule has 1 heterocycles. The van der Waals surface area contributed by atoms with Crippen LogP contribution >= 0.6 is 0 Å². The number of carbonyl (C=O) groups is 2. The van der Waals surface area contributed by atoms with Gasteiger partial charge in [-0.2, -0.15) is 0 Å². The fourth-order valence-corrected chi connectivity index (χ4v) is 4.26. The van der Waals surface area contributed by atoms with E-state index >= 15 is 0 Å². The Morgan fingerprint density at radius 2 is 1.80 bits per heavy atom. The highest BCUT2D eigenvalue weighted by Gasteiger charge is 2.45. The third-order valence-electron chi connectivity index (χ3n) is 5.92. The zero-order valence-electron chi connectivity index (χ0n) is 16.4. The second-order valence-electron chi connectivity index (χ2n) is 8.14. The van der Waals surface area contributed by atoms with Crippen molar-refractivity contribution in [2.45, 2.75) is 43.8 Å². The number of benzene rings is 2. The number of hydrogen-bond acceptors (Lipinski definition) is 5. The Hall–Kier alpha value is -3.09. The summed E-state index contributed by atoms with van der Waals surface area (Å²) < 4.78 is 30.1. The van der Waals surface area contributed by atoms with E-state index in [0.717, 1.165) is 31.2 Å². The Morgan fingerprint density at radius 1 is 1.07 bits per heavy atom. The number of halogens is 1. The van der Waals surface area contributed by atoms with Gasteiger partial charge in [-0.15, -0.1) is 0 Å². The Balaban J connectivity index is 1.11. The van der Waals surface area contributed by atoms with Gasteiger partial charge < -0.3 is 19.5 Å². The standard InChI is InChI=1S/C23H22FNO5/c24-15-5-3-14(4-6-15)17-12-18(17)22(27)28-13-21(26)25-16-7-8-19-20(11-16)30-23(29-19)9-1-2-10-23/h3-8,11,17-18H,1-2,9-10,12-13H2,(H,25,26)/t17-,18-/m0/s1. The van der Waals surface area contributed by atoms with E-state index in [1.54, 1.807) is 30.3 Å². The normalized spacial score (nSPS) is 22.7. The molecule has 0 bridgehead atoms. The molecule has 1 amide bonds. The smallest absolute Gasteiger partial charge is 0.310 e. The number of carbonyl (C=O) groups excluding carboxylic acids is 2. The van der Waals surface area contributed by atoms with Crippen molar-refractivity contribution in [1.82, 2.24) is 0 Å². The lowest BCUT2D eigenvalue weighted by molar-refractivity contribution is -0.148. The summed E-state index contributed by atoms with van der Waals surface area (Å²) in [4.78, 5) is 24.4. The van der Waals surface area contributed by atoms with E-state index in [0.29, 0.717) is 23.6 Å². The molecule has 1 aliphatic heterocycles. The molecule has 0 unspecified atom stereocenters. The highest BCUT2D eigenvalue weighted by atomic mass is 19.1. The average molecular weight is 411 g/mol. The first-order valence-corrected chi connectivity index (χ1v) is 10.3. The van der Waals surface area contributed by atoms with Crippen molar-refractivity contribution in [3.8, 4) is 11.5 Å². The molecular weight excluding hydrogens is 389 g/mol. The van der Waals surface area contributed by atoms with E-state index in [1.165, 1.54) is 12.1 Å². The Morgan fingerprint density at radius 3 is 2.57 bits per heavy atom. The summed E-state index contributed by atoms with van der Waals surface area (Å²) in [5, 5.41) is 2.72. The van der Waals surface area contributed by atoms with Gasteiger partial charge in [-0.3, -0.25) is 9.59 Å². The number of amides is 1. The van der Waals surface area contributed by atoms with Crippen LogP contribution < -0.4 is 14.8 Å². The van der Waals surface area contributed by atoms with Crippen LogP contribution in [0.5, 0.6) is 11.5 Å². The fourth-order valence-electron chi connectivity index (χ4n) is 4.26. The fraction of sp³-hybridized carbons (Fsp3) is 0.391. The van der Waals surface area contributed by atoms with Crippen molar-refractivity contribution in [3.63, 3.8) is 0 Å². The number of rotatable bonds is 5. The van der Waals surface area contributed by atoms with E-state index in [2.05, 4.69) is 5.32 Å². The number of hydrogen-bond donors (Lipinski definition) is 1. The molecule has 2 aliphatic carbocycles. The molecule has 2 saturated carbocycles. The molecule has 1 spiro atoms. The molecule has 5 rings (SSSR count). The van der Waals surface area contributed by atoms with E-state index in [1.807, 2.05) is 0 Å². The van der Waals surface area contributed by atoms with Crippen molar-refractivity contribution in [3.05, 3.63) is 53.8 Å². The Kier molecular flexibility index (Phi) is 4.60. The maximum absolute atomic E-state index is 13.0. The Labute approximate surface area is 173 Å². The molecule has 6 nitrogen and oxygen atoms in total. The quantitative estimate of drug-likeness (QED) is 0.748. The lowest BCUT2D eigenvalue weighted by Gasteiger charge is -2.21. The lowest BCUT2D eigenvalue weighted by Crippen LogP contribution is -2.34. The number of nitrogens with one attached hydrogen (secondary N) is 1. The minimum absolute atomic E-state index is 0.0259. The van der Waals surface area contributed by atoms with Crippen LogP contribution in [0.25, 0.3) is 0 Å². The van der Waals surface area contributed by atoms with Gasteiger partial charge in [0.2, 0.25) is 0 Å². The van der Waals surface area contributed by atoms with Crippen LogP contribution in [0.1, 0.15) is 43.6 Å². The molecule has 0 saturated heterocycles. The third kappa shape index (κ3) is 3.72. The van der Waals surface area contributed by atoms with Crippen molar-refractivity contribution in [2.24, 2.45) is 5.92 Å². The van der Waals surface area contributed by atoms with Gasteiger partial charge in [0, 0.05) is 24.6 Å². The van der Waals surface area contributed by atoms with E-state index < -0.39 is 17.7 Å². The van der Waals surface area contributed by atoms with Gasteiger partial charge in [-0.25, -0.2) is 4.39 Å². The molecular formula is C23H22FNO5. The van der Waals surface area contributed by atoms with Gasteiger partial charge in [0.15, 0.2) is 18.1 Å². The predicted molar refractivity (Wildman–Crippen MR) is 106 cm³/mol. The van der Waals surface area contributed by atoms with Gasteiger partial charge >= 0.3 is 5.97 Å². The minimum atomic E-state index is -0.550. The van der Waals surface area contributed by atoms with E-state index in [-0.39, 0.29) is 24.3 Å². The largest absolute Gasteiger partial charge is 0.455 e. The molecule has 0 aromatic heterocycles. The van der Waals surface area contributed by atoms with Gasteiger partial charge in [0.1, 0.15) is 5.82 Å².